The van der Waals surface area contributed by atoms with Crippen molar-refractivity contribution in [2.24, 2.45) is 0 Å². The van der Waals surface area contributed by atoms with Crippen LogP contribution in [-0.4, -0.2) is 58.4 Å². The zero-order chi connectivity index (χ0) is 32.3. The number of nitrogens with one attached hydrogen (secondary N) is 1. The first-order valence-electron chi connectivity index (χ1n) is 13.0. The lowest BCUT2D eigenvalue weighted by atomic mass is 10.1. The lowest BCUT2D eigenvalue weighted by molar-refractivity contribution is -0.153. The predicted molar refractivity (Wildman–Crippen MR) is 152 cm³/mol. The number of anilines is 1. The van der Waals surface area contributed by atoms with E-state index in [1.54, 1.807) is 24.4 Å². The van der Waals surface area contributed by atoms with Crippen molar-refractivity contribution in [1.29, 1.82) is 0 Å². The molecule has 3 aromatic heterocycles. The molecule has 5 aromatic rings. The van der Waals surface area contributed by atoms with Crippen molar-refractivity contribution in [3.05, 3.63) is 84.2 Å². The Morgan fingerprint density at radius 3 is 2.36 bits per heavy atom. The second kappa shape index (κ2) is 12.5. The minimum atomic E-state index is -4.71. The topological polar surface area (TPSA) is 127 Å². The van der Waals surface area contributed by atoms with E-state index in [2.05, 4.69) is 20.4 Å². The molecule has 0 atom stereocenters. The minimum absolute atomic E-state index is 0.0234. The van der Waals surface area contributed by atoms with Crippen LogP contribution in [0, 0.1) is 5.82 Å². The monoisotopic (exact) mass is 625 g/mol. The molecule has 0 radical (unpaired) electrons. The fourth-order valence-electron chi connectivity index (χ4n) is 4.19. The molecule has 0 saturated heterocycles. The van der Waals surface area contributed by atoms with Gasteiger partial charge in [-0.1, -0.05) is 0 Å². The van der Waals surface area contributed by atoms with E-state index >= 15 is 0 Å². The second-order valence-corrected chi connectivity index (χ2v) is 9.38. The first-order valence-corrected chi connectivity index (χ1v) is 13.0. The van der Waals surface area contributed by atoms with Gasteiger partial charge in [-0.3, -0.25) is 14.6 Å². The van der Waals surface area contributed by atoms with Crippen LogP contribution in [0.1, 0.15) is 27.8 Å². The highest BCUT2D eigenvalue weighted by atomic mass is 19.4. The molecule has 1 amide bonds. The number of aromatic nitrogens is 4. The number of nitrogens with zero attached hydrogens (tertiary/aromatic N) is 4. The van der Waals surface area contributed by atoms with Crippen LogP contribution in [0.3, 0.4) is 0 Å². The highest BCUT2D eigenvalue weighted by Crippen LogP contribution is 2.37. The van der Waals surface area contributed by atoms with Crippen LogP contribution >= 0.6 is 0 Å². The van der Waals surface area contributed by atoms with Crippen molar-refractivity contribution >= 4 is 28.4 Å². The summed E-state index contributed by atoms with van der Waals surface area (Å²) in [5.41, 5.74) is -0.0837. The smallest absolute Gasteiger partial charge is 0.422 e. The standard InChI is InChI=1S/C30H23F4N5O6/c1-16(40)19-10-17(4-6-21(19)31)39-14-26(44-15-30(32,33)34)28(38-39)29(41)37-27-7-5-18(13-36-27)45-23-8-9-35-22-12-25(43-3)24(42-2)11-20(22)23/h4-14H,15H2,1-3H3,(H,36,37,41). The summed E-state index contributed by atoms with van der Waals surface area (Å²) in [5, 5.41) is 7.12. The Balaban J connectivity index is 1.38. The van der Waals surface area contributed by atoms with Gasteiger partial charge in [-0.2, -0.15) is 18.3 Å². The molecule has 45 heavy (non-hydrogen) atoms. The quantitative estimate of drug-likeness (QED) is 0.143. The van der Waals surface area contributed by atoms with Crippen molar-refractivity contribution in [2.45, 2.75) is 13.1 Å². The zero-order valence-electron chi connectivity index (χ0n) is 23.8. The highest BCUT2D eigenvalue weighted by molar-refractivity contribution is 6.04. The molecule has 232 valence electrons. The highest BCUT2D eigenvalue weighted by Gasteiger charge is 2.30. The Morgan fingerprint density at radius 1 is 0.933 bits per heavy atom. The summed E-state index contributed by atoms with van der Waals surface area (Å²) in [6.07, 6.45) is -0.811. The number of amides is 1. The van der Waals surface area contributed by atoms with Crippen molar-refractivity contribution in [1.82, 2.24) is 19.7 Å². The molecule has 0 bridgehead atoms. The molecule has 0 unspecified atom stereocenters. The van der Waals surface area contributed by atoms with E-state index in [1.165, 1.54) is 38.6 Å². The summed E-state index contributed by atoms with van der Waals surface area (Å²) >= 11 is 0. The van der Waals surface area contributed by atoms with E-state index in [4.69, 9.17) is 18.9 Å². The van der Waals surface area contributed by atoms with E-state index in [1.807, 2.05) is 0 Å². The Labute approximate surface area is 252 Å². The third-order valence-electron chi connectivity index (χ3n) is 6.29. The van der Waals surface area contributed by atoms with Gasteiger partial charge in [0.05, 0.1) is 43.4 Å². The Morgan fingerprint density at radius 2 is 1.69 bits per heavy atom. The normalized spacial score (nSPS) is 11.3. The molecule has 2 aromatic carbocycles. The number of halogens is 4. The van der Waals surface area contributed by atoms with Crippen LogP contribution in [0.15, 0.2) is 67.1 Å². The molecule has 11 nitrogen and oxygen atoms in total. The molecule has 3 heterocycles. The fraction of sp³-hybridized carbons (Fsp3) is 0.167. The third kappa shape index (κ3) is 6.92. The Bertz CT molecular complexity index is 1890. The number of carbonyl (C=O) groups excluding carboxylic acids is 2. The van der Waals surface area contributed by atoms with E-state index < -0.39 is 41.7 Å². The van der Waals surface area contributed by atoms with Crippen molar-refractivity contribution in [2.75, 3.05) is 26.1 Å². The van der Waals surface area contributed by atoms with E-state index in [9.17, 15) is 27.2 Å². The number of methoxy groups -OCH3 is 2. The van der Waals surface area contributed by atoms with Gasteiger partial charge in [-0.05, 0) is 49.4 Å². The van der Waals surface area contributed by atoms with Crippen LogP contribution in [0.25, 0.3) is 16.6 Å². The lowest BCUT2D eigenvalue weighted by Crippen LogP contribution is -2.21. The molecular weight excluding hydrogens is 602 g/mol. The molecule has 0 fully saturated rings. The number of carbonyl (C=O) groups is 2. The fourth-order valence-corrected chi connectivity index (χ4v) is 4.19. The summed E-state index contributed by atoms with van der Waals surface area (Å²) in [4.78, 5) is 33.3. The molecule has 0 aliphatic heterocycles. The van der Waals surface area contributed by atoms with Crippen molar-refractivity contribution < 1.29 is 46.1 Å². The maximum absolute atomic E-state index is 14.0. The molecule has 0 aliphatic rings. The molecule has 5 rings (SSSR count). The summed E-state index contributed by atoms with van der Waals surface area (Å²) < 4.78 is 75.3. The minimum Gasteiger partial charge on any atom is -0.493 e. The maximum Gasteiger partial charge on any atom is 0.422 e. The van der Waals surface area contributed by atoms with Crippen LogP contribution in [0.2, 0.25) is 0 Å². The maximum atomic E-state index is 14.0. The van der Waals surface area contributed by atoms with Gasteiger partial charge in [-0.25, -0.2) is 14.1 Å². The van der Waals surface area contributed by atoms with Gasteiger partial charge in [0, 0.05) is 17.6 Å². The number of Topliss-reactive ketones (excluding diaryl/α,β-unsaturated/α-hetero) is 1. The first kappa shape index (κ1) is 30.7. The second-order valence-electron chi connectivity index (χ2n) is 9.38. The number of rotatable bonds is 10. The van der Waals surface area contributed by atoms with Gasteiger partial charge in [0.1, 0.15) is 23.1 Å². The molecular formula is C30H23F4N5O6. The van der Waals surface area contributed by atoms with Crippen LogP contribution in [0.5, 0.6) is 28.7 Å². The Kier molecular flexibility index (Phi) is 8.52. The predicted octanol–water partition coefficient (Wildman–Crippen LogP) is 6.16. The number of fused-ring (bicyclic) bond motifs is 1. The SMILES string of the molecule is COc1cc2nccc(Oc3ccc(NC(=O)c4nn(-c5ccc(F)c(C(C)=O)c5)cc4OCC(F)(F)F)nc3)c2cc1OC. The number of ether oxygens (including phenoxy) is 4. The van der Waals surface area contributed by atoms with Gasteiger partial charge in [0.2, 0.25) is 0 Å². The van der Waals surface area contributed by atoms with Crippen LogP contribution in [0.4, 0.5) is 23.4 Å². The Hall–Kier alpha value is -5.73. The summed E-state index contributed by atoms with van der Waals surface area (Å²) in [6, 6.07) is 11.4. The number of benzene rings is 2. The van der Waals surface area contributed by atoms with Crippen molar-refractivity contribution in [3.63, 3.8) is 0 Å². The first-order chi connectivity index (χ1) is 21.5. The number of ketones is 1. The molecule has 15 heteroatoms. The van der Waals surface area contributed by atoms with Gasteiger partial charge in [0.25, 0.3) is 5.91 Å². The van der Waals surface area contributed by atoms with Crippen LogP contribution < -0.4 is 24.3 Å². The number of pyridine rings is 2. The summed E-state index contributed by atoms with van der Waals surface area (Å²) in [5.74, 6) is -1.10. The number of alkyl halides is 3. The van der Waals surface area contributed by atoms with E-state index in [0.717, 1.165) is 29.9 Å². The molecule has 0 saturated carbocycles. The molecule has 0 spiro atoms. The average Bonchev–Trinajstić information content (AvgIpc) is 3.45. The lowest BCUT2D eigenvalue weighted by Gasteiger charge is -2.12. The van der Waals surface area contributed by atoms with Crippen molar-refractivity contribution in [3.8, 4) is 34.4 Å². The van der Waals surface area contributed by atoms with E-state index in [0.29, 0.717) is 33.9 Å². The average molecular weight is 626 g/mol. The zero-order valence-corrected chi connectivity index (χ0v) is 23.8. The van der Waals surface area contributed by atoms with Gasteiger partial charge < -0.3 is 24.3 Å². The van der Waals surface area contributed by atoms with E-state index in [-0.39, 0.29) is 17.1 Å². The van der Waals surface area contributed by atoms with Gasteiger partial charge >= 0.3 is 6.18 Å². The number of hydrogen-bond acceptors (Lipinski definition) is 9. The van der Waals surface area contributed by atoms with Gasteiger partial charge in [-0.15, -0.1) is 0 Å². The largest absolute Gasteiger partial charge is 0.493 e. The molecule has 0 aliphatic carbocycles. The molecule has 1 N–H and O–H groups in total. The van der Waals surface area contributed by atoms with Gasteiger partial charge in [0.15, 0.2) is 35.3 Å². The summed E-state index contributed by atoms with van der Waals surface area (Å²) in [6.45, 7) is -0.549. The summed E-state index contributed by atoms with van der Waals surface area (Å²) in [7, 11) is 3.01. The third-order valence-corrected chi connectivity index (χ3v) is 6.29. The number of hydrogen-bond donors (Lipinski definition) is 1. The van der Waals surface area contributed by atoms with Crippen LogP contribution in [-0.2, 0) is 0 Å².